The third-order valence-electron chi connectivity index (χ3n) is 1.69. The van der Waals surface area contributed by atoms with Crippen LogP contribution in [0.1, 0.15) is 4.88 Å². The number of halogens is 1. The fourth-order valence-corrected chi connectivity index (χ4v) is 1.79. The summed E-state index contributed by atoms with van der Waals surface area (Å²) in [5.41, 5.74) is 1.13. The fourth-order valence-electron chi connectivity index (χ4n) is 1.10. The molecular formula is C11H14ClNS. The number of thiophene rings is 1. The zero-order valence-electron chi connectivity index (χ0n) is 8.19. The molecule has 0 spiro atoms. The van der Waals surface area contributed by atoms with Crippen LogP contribution < -0.4 is 0 Å². The van der Waals surface area contributed by atoms with Gasteiger partial charge in [-0.25, -0.2) is 0 Å². The van der Waals surface area contributed by atoms with E-state index >= 15 is 0 Å². The molecule has 0 amide bonds. The van der Waals surface area contributed by atoms with Gasteiger partial charge in [-0.05, 0) is 24.1 Å². The van der Waals surface area contributed by atoms with Crippen LogP contribution in [0.4, 0.5) is 0 Å². The highest BCUT2D eigenvalue weighted by Gasteiger charge is 2.02. The van der Waals surface area contributed by atoms with E-state index in [1.165, 1.54) is 4.88 Å². The number of nitrogens with zero attached hydrogens (tertiary/aromatic N) is 1. The van der Waals surface area contributed by atoms with Gasteiger partial charge in [0.2, 0.25) is 0 Å². The number of hydrogen-bond acceptors (Lipinski definition) is 2. The number of terminal acetylenes is 1. The van der Waals surface area contributed by atoms with Crippen molar-refractivity contribution in [3.8, 4) is 12.3 Å². The largest absolute Gasteiger partial charge is 0.291 e. The lowest BCUT2D eigenvalue weighted by Gasteiger charge is -2.13. The zero-order valence-corrected chi connectivity index (χ0v) is 9.83. The third-order valence-corrected chi connectivity index (χ3v) is 2.66. The molecule has 0 saturated carbocycles. The minimum Gasteiger partial charge on any atom is -0.291 e. The van der Waals surface area contributed by atoms with Crippen LogP contribution in [0.15, 0.2) is 24.1 Å². The van der Waals surface area contributed by atoms with E-state index in [1.807, 2.05) is 13.1 Å². The zero-order chi connectivity index (χ0) is 9.68. The summed E-state index contributed by atoms with van der Waals surface area (Å²) < 4.78 is 0. The van der Waals surface area contributed by atoms with Gasteiger partial charge in [0, 0.05) is 11.4 Å². The lowest BCUT2D eigenvalue weighted by Crippen LogP contribution is -2.20. The Bertz CT molecular complexity index is 311. The molecule has 1 nitrogen and oxygen atoms in total. The van der Waals surface area contributed by atoms with Crippen LogP contribution in [-0.4, -0.2) is 25.0 Å². The van der Waals surface area contributed by atoms with Gasteiger partial charge in [0.25, 0.3) is 0 Å². The number of likely N-dealkylation sites (N-methyl/N-ethyl adjacent to an activating group) is 1. The van der Waals surface area contributed by atoms with Crippen LogP contribution in [-0.2, 0) is 0 Å². The van der Waals surface area contributed by atoms with Gasteiger partial charge >= 0.3 is 0 Å². The van der Waals surface area contributed by atoms with Crippen molar-refractivity contribution in [1.82, 2.24) is 4.90 Å². The first-order valence-corrected chi connectivity index (χ1v) is 4.95. The second-order valence-electron chi connectivity index (χ2n) is 2.96. The summed E-state index contributed by atoms with van der Waals surface area (Å²) in [6.45, 7) is 5.53. The molecule has 0 saturated heterocycles. The molecule has 0 radical (unpaired) electrons. The molecule has 0 aliphatic carbocycles. The van der Waals surface area contributed by atoms with Crippen molar-refractivity contribution in [2.75, 3.05) is 20.1 Å². The maximum absolute atomic E-state index is 5.21. The van der Waals surface area contributed by atoms with Crippen molar-refractivity contribution in [1.29, 1.82) is 0 Å². The Hall–Kier alpha value is -0.750. The van der Waals surface area contributed by atoms with Gasteiger partial charge in [-0.3, -0.25) is 4.90 Å². The number of hydrogen-bond donors (Lipinski definition) is 0. The summed E-state index contributed by atoms with van der Waals surface area (Å²) in [7, 11) is 2.00. The highest BCUT2D eigenvalue weighted by Crippen LogP contribution is 2.18. The fraction of sp³-hybridized carbons (Fsp3) is 0.273. The van der Waals surface area contributed by atoms with Crippen molar-refractivity contribution < 1.29 is 0 Å². The highest BCUT2D eigenvalue weighted by molar-refractivity contribution is 7.11. The van der Waals surface area contributed by atoms with Crippen LogP contribution in [0.3, 0.4) is 0 Å². The summed E-state index contributed by atoms with van der Waals surface area (Å²) >= 11 is 1.71. The lowest BCUT2D eigenvalue weighted by molar-refractivity contribution is 0.425. The molecule has 0 aliphatic heterocycles. The summed E-state index contributed by atoms with van der Waals surface area (Å²) in [6, 6.07) is 4.11. The molecule has 0 atom stereocenters. The van der Waals surface area contributed by atoms with Crippen molar-refractivity contribution in [3.05, 3.63) is 29.0 Å². The lowest BCUT2D eigenvalue weighted by atomic mass is 10.2. The first kappa shape index (κ1) is 13.2. The minimum atomic E-state index is 0. The van der Waals surface area contributed by atoms with Crippen molar-refractivity contribution in [3.63, 3.8) is 0 Å². The Morgan fingerprint density at radius 3 is 2.93 bits per heavy atom. The van der Waals surface area contributed by atoms with E-state index in [0.29, 0.717) is 6.54 Å². The quantitative estimate of drug-likeness (QED) is 0.715. The van der Waals surface area contributed by atoms with Crippen LogP contribution in [0, 0.1) is 12.3 Å². The van der Waals surface area contributed by atoms with Crippen LogP contribution in [0.5, 0.6) is 0 Å². The predicted octanol–water partition coefficient (Wildman–Crippen LogP) is 2.75. The normalized spacial score (nSPS) is 9.21. The molecule has 3 heteroatoms. The predicted molar refractivity (Wildman–Crippen MR) is 66.9 cm³/mol. The average Bonchev–Trinajstić information content (AvgIpc) is 2.55. The molecule has 0 fully saturated rings. The molecule has 1 heterocycles. The van der Waals surface area contributed by atoms with Gasteiger partial charge in [-0.2, -0.15) is 0 Å². The minimum absolute atomic E-state index is 0. The van der Waals surface area contributed by atoms with E-state index in [4.69, 9.17) is 6.42 Å². The van der Waals surface area contributed by atoms with Crippen LogP contribution in [0.25, 0.3) is 5.57 Å². The van der Waals surface area contributed by atoms with Crippen molar-refractivity contribution in [2.24, 2.45) is 0 Å². The topological polar surface area (TPSA) is 3.24 Å². The summed E-state index contributed by atoms with van der Waals surface area (Å²) in [5.74, 6) is 2.61. The molecule has 14 heavy (non-hydrogen) atoms. The molecule has 0 N–H and O–H groups in total. The van der Waals surface area contributed by atoms with E-state index in [-0.39, 0.29) is 12.4 Å². The van der Waals surface area contributed by atoms with Crippen LogP contribution in [0.2, 0.25) is 0 Å². The average molecular weight is 228 g/mol. The van der Waals surface area contributed by atoms with Crippen LogP contribution >= 0.6 is 23.7 Å². The SMILES string of the molecule is C#CCN(C)CC(=C)c1cccs1.Cl. The second kappa shape index (κ2) is 6.67. The Morgan fingerprint density at radius 2 is 2.43 bits per heavy atom. The van der Waals surface area contributed by atoms with Crippen molar-refractivity contribution in [2.45, 2.75) is 0 Å². The molecule has 76 valence electrons. The highest BCUT2D eigenvalue weighted by atomic mass is 35.5. The van der Waals surface area contributed by atoms with E-state index in [1.54, 1.807) is 11.3 Å². The van der Waals surface area contributed by atoms with Gasteiger partial charge in [0.1, 0.15) is 0 Å². The maximum Gasteiger partial charge on any atom is 0.0599 e. The van der Waals surface area contributed by atoms with Gasteiger partial charge in [0.05, 0.1) is 6.54 Å². The first-order valence-electron chi connectivity index (χ1n) is 4.07. The monoisotopic (exact) mass is 227 g/mol. The smallest absolute Gasteiger partial charge is 0.0599 e. The third kappa shape index (κ3) is 3.97. The van der Waals surface area contributed by atoms with Gasteiger partial charge in [-0.1, -0.05) is 18.6 Å². The maximum atomic E-state index is 5.21. The summed E-state index contributed by atoms with van der Waals surface area (Å²) in [5, 5.41) is 2.06. The van der Waals surface area contributed by atoms with E-state index < -0.39 is 0 Å². The molecule has 0 aromatic carbocycles. The molecule has 0 bridgehead atoms. The summed E-state index contributed by atoms with van der Waals surface area (Å²) in [6.07, 6.45) is 5.21. The second-order valence-corrected chi connectivity index (χ2v) is 3.90. The molecule has 1 rings (SSSR count). The Kier molecular flexibility index (Phi) is 6.31. The van der Waals surface area contributed by atoms with E-state index in [9.17, 15) is 0 Å². The molecule has 0 aliphatic rings. The van der Waals surface area contributed by atoms with E-state index in [2.05, 4.69) is 28.8 Å². The molecule has 0 unspecified atom stereocenters. The molecule has 1 aromatic rings. The first-order chi connectivity index (χ1) is 6.24. The van der Waals surface area contributed by atoms with E-state index in [0.717, 1.165) is 12.1 Å². The Morgan fingerprint density at radius 1 is 1.71 bits per heavy atom. The molecular weight excluding hydrogens is 214 g/mol. The van der Waals surface area contributed by atoms with Gasteiger partial charge in [-0.15, -0.1) is 30.2 Å². The van der Waals surface area contributed by atoms with Gasteiger partial charge in [0.15, 0.2) is 0 Å². The Balaban J connectivity index is 0.00000169. The summed E-state index contributed by atoms with van der Waals surface area (Å²) in [4.78, 5) is 3.31. The number of rotatable bonds is 4. The van der Waals surface area contributed by atoms with Crippen molar-refractivity contribution >= 4 is 29.3 Å². The standard InChI is InChI=1S/C11H13NS.ClH/c1-4-7-12(3)9-10(2)11-6-5-8-13-11;/h1,5-6,8H,2,7,9H2,3H3;1H. The molecule has 1 aromatic heterocycles. The Labute approximate surface area is 95.8 Å². The van der Waals surface area contributed by atoms with Gasteiger partial charge < -0.3 is 0 Å².